The molecule has 1 aliphatic heterocycles. The lowest BCUT2D eigenvalue weighted by atomic mass is 9.99. The zero-order valence-corrected chi connectivity index (χ0v) is 12.3. The van der Waals surface area contributed by atoms with Crippen molar-refractivity contribution in [2.75, 3.05) is 0 Å². The highest BCUT2D eigenvalue weighted by Crippen LogP contribution is 2.19. The Bertz CT molecular complexity index is 683. The Kier molecular flexibility index (Phi) is 5.46. The van der Waals surface area contributed by atoms with E-state index in [1.54, 1.807) is 6.33 Å². The fourth-order valence-electron chi connectivity index (χ4n) is 1.82. The van der Waals surface area contributed by atoms with Crippen LogP contribution in [0.3, 0.4) is 0 Å². The third kappa shape index (κ3) is 3.74. The molecule has 0 aliphatic carbocycles. The molecule has 3 rings (SSSR count). The topological polar surface area (TPSA) is 182 Å². The number of ether oxygens (including phenoxy) is 1. The van der Waals surface area contributed by atoms with E-state index in [1.807, 2.05) is 0 Å². The smallest absolute Gasteiger partial charge is 0.335 e. The van der Waals surface area contributed by atoms with Crippen LogP contribution in [0.1, 0.15) is 0 Å². The average molecular weight is 346 g/mol. The van der Waals surface area contributed by atoms with Gasteiger partial charge in [0.2, 0.25) is 0 Å². The number of H-pyrrole nitrogens is 1. The minimum atomic E-state index is -1.81. The van der Waals surface area contributed by atoms with Crippen LogP contribution in [0, 0.1) is 0 Å². The highest BCUT2D eigenvalue weighted by Gasteiger charge is 2.46. The highest BCUT2D eigenvalue weighted by atomic mass is 32.1. The summed E-state index contributed by atoms with van der Waals surface area (Å²) in [6.07, 6.45) is -5.72. The first-order valence-electron chi connectivity index (χ1n) is 6.26. The van der Waals surface area contributed by atoms with Crippen LogP contribution in [0.2, 0.25) is 0 Å². The summed E-state index contributed by atoms with van der Waals surface area (Å²) in [7, 11) is 0. The minimum absolute atomic E-state index is 0.627. The van der Waals surface area contributed by atoms with Gasteiger partial charge in [-0.1, -0.05) is 0 Å². The van der Waals surface area contributed by atoms with Gasteiger partial charge in [0.05, 0.1) is 6.33 Å². The van der Waals surface area contributed by atoms with Gasteiger partial charge in [-0.25, -0.2) is 19.7 Å². The number of aliphatic carboxylic acids is 1. The number of thiol groups is 1. The summed E-state index contributed by atoms with van der Waals surface area (Å²) in [5.74, 6) is -1.52. The molecule has 1 fully saturated rings. The second-order valence-corrected chi connectivity index (χ2v) is 4.98. The number of aliphatic hydroxyl groups is 4. The maximum absolute atomic E-state index is 10.4. The van der Waals surface area contributed by atoms with Crippen LogP contribution in [-0.4, -0.2) is 82.1 Å². The molecule has 0 aromatic carbocycles. The van der Waals surface area contributed by atoms with E-state index in [1.165, 1.54) is 6.33 Å². The van der Waals surface area contributed by atoms with E-state index in [4.69, 9.17) is 25.5 Å². The average Bonchev–Trinajstić information content (AvgIpc) is 2.99. The van der Waals surface area contributed by atoms with Crippen molar-refractivity contribution in [3.05, 3.63) is 12.7 Å². The van der Waals surface area contributed by atoms with Crippen LogP contribution >= 0.6 is 12.6 Å². The van der Waals surface area contributed by atoms with E-state index in [0.717, 1.165) is 5.52 Å². The quantitative estimate of drug-likeness (QED) is 0.215. The Labute approximate surface area is 134 Å². The van der Waals surface area contributed by atoms with Crippen molar-refractivity contribution in [1.29, 1.82) is 0 Å². The molecule has 1 aliphatic rings. The second kappa shape index (κ2) is 7.16. The summed E-state index contributed by atoms with van der Waals surface area (Å²) in [6, 6.07) is 0. The molecule has 0 radical (unpaired) electrons. The number of rotatable bonds is 1. The largest absolute Gasteiger partial charge is 0.479 e. The SMILES string of the molecule is O=C(O)[C@H]1OC(O)[C@H](O)[C@@H](O)[C@@H]1O.Sc1ncnc2nc[nH]c12. The lowest BCUT2D eigenvalue weighted by molar-refractivity contribution is -0.279. The van der Waals surface area contributed by atoms with Crippen molar-refractivity contribution in [1.82, 2.24) is 19.9 Å². The number of carboxylic acids is 1. The van der Waals surface area contributed by atoms with Gasteiger partial charge in [-0.3, -0.25) is 0 Å². The minimum Gasteiger partial charge on any atom is -0.479 e. The van der Waals surface area contributed by atoms with E-state index in [0.29, 0.717) is 10.7 Å². The fraction of sp³-hybridized carbons (Fsp3) is 0.455. The summed E-state index contributed by atoms with van der Waals surface area (Å²) in [4.78, 5) is 24.9. The third-order valence-electron chi connectivity index (χ3n) is 3.03. The Morgan fingerprint density at radius 1 is 1.13 bits per heavy atom. The van der Waals surface area contributed by atoms with Gasteiger partial charge in [0.25, 0.3) is 0 Å². The number of carboxylic acid groups (broad SMARTS) is 1. The molecule has 0 amide bonds. The number of nitrogens with zero attached hydrogens (tertiary/aromatic N) is 3. The van der Waals surface area contributed by atoms with Crippen LogP contribution in [0.15, 0.2) is 17.7 Å². The molecule has 2 aromatic heterocycles. The highest BCUT2D eigenvalue weighted by molar-refractivity contribution is 7.80. The first kappa shape index (κ1) is 17.5. The van der Waals surface area contributed by atoms with Crippen molar-refractivity contribution in [3.8, 4) is 0 Å². The molecule has 5 atom stereocenters. The van der Waals surface area contributed by atoms with E-state index in [9.17, 15) is 4.79 Å². The van der Waals surface area contributed by atoms with Crippen molar-refractivity contribution in [3.63, 3.8) is 0 Å². The maximum atomic E-state index is 10.4. The third-order valence-corrected chi connectivity index (χ3v) is 3.37. The molecule has 12 heteroatoms. The summed E-state index contributed by atoms with van der Waals surface area (Å²) in [6.45, 7) is 0. The van der Waals surface area contributed by atoms with Crippen LogP contribution in [-0.2, 0) is 9.53 Å². The molecule has 23 heavy (non-hydrogen) atoms. The Balaban J connectivity index is 0.000000172. The fourth-order valence-corrected chi connectivity index (χ4v) is 2.03. The summed E-state index contributed by atoms with van der Waals surface area (Å²) >= 11 is 4.09. The molecule has 2 aromatic rings. The standard InChI is InChI=1S/C6H10O7.C5H4N4S/c7-1-2(8)4(5(10)11)13-6(12)3(1)9;10-5-3-4(7-1-6-3)8-2-9-5/h1-4,6-9,12H,(H,10,11);1-2H,(H2,6,7,8,9,10)/t1-,2-,3+,4-,6?;/m0./s1. The van der Waals surface area contributed by atoms with Gasteiger partial charge in [0, 0.05) is 0 Å². The molecule has 0 spiro atoms. The number of fused-ring (bicyclic) bond motifs is 1. The molecular weight excluding hydrogens is 332 g/mol. The molecule has 11 nitrogen and oxygen atoms in total. The molecule has 6 N–H and O–H groups in total. The molecule has 3 heterocycles. The van der Waals surface area contributed by atoms with Crippen molar-refractivity contribution >= 4 is 29.8 Å². The van der Waals surface area contributed by atoms with Crippen LogP contribution < -0.4 is 0 Å². The van der Waals surface area contributed by atoms with Gasteiger partial charge in [-0.05, 0) is 0 Å². The maximum Gasteiger partial charge on any atom is 0.335 e. The Hall–Kier alpha value is -1.83. The number of imidazole rings is 1. The van der Waals surface area contributed by atoms with Gasteiger partial charge >= 0.3 is 5.97 Å². The second-order valence-electron chi connectivity index (χ2n) is 4.56. The molecule has 0 saturated carbocycles. The molecular formula is C11H14N4O7S. The number of aliphatic hydroxyl groups excluding tert-OH is 4. The van der Waals surface area contributed by atoms with Gasteiger partial charge in [0.15, 0.2) is 18.0 Å². The zero-order chi connectivity index (χ0) is 17.1. The lowest BCUT2D eigenvalue weighted by Gasteiger charge is -2.36. The predicted octanol–water partition coefficient (Wildman–Crippen LogP) is -2.49. The number of aromatic amines is 1. The molecule has 1 unspecified atom stereocenters. The number of aromatic nitrogens is 4. The molecule has 126 valence electrons. The van der Waals surface area contributed by atoms with Crippen molar-refractivity contribution in [2.24, 2.45) is 0 Å². The van der Waals surface area contributed by atoms with Crippen LogP contribution in [0.4, 0.5) is 0 Å². The predicted molar refractivity (Wildman–Crippen MR) is 75.5 cm³/mol. The summed E-state index contributed by atoms with van der Waals surface area (Å²) in [5.41, 5.74) is 1.44. The summed E-state index contributed by atoms with van der Waals surface area (Å²) < 4.78 is 4.34. The van der Waals surface area contributed by atoms with E-state index < -0.39 is 36.7 Å². The summed E-state index contributed by atoms with van der Waals surface area (Å²) in [5, 5.41) is 45.0. The Morgan fingerprint density at radius 2 is 1.83 bits per heavy atom. The lowest BCUT2D eigenvalue weighted by Crippen LogP contribution is -2.59. The van der Waals surface area contributed by atoms with Gasteiger partial charge in [0.1, 0.15) is 35.2 Å². The van der Waals surface area contributed by atoms with Crippen LogP contribution in [0.25, 0.3) is 11.2 Å². The first-order valence-corrected chi connectivity index (χ1v) is 6.71. The van der Waals surface area contributed by atoms with Gasteiger partial charge in [-0.2, -0.15) is 0 Å². The molecule has 1 saturated heterocycles. The first-order chi connectivity index (χ1) is 10.8. The van der Waals surface area contributed by atoms with Crippen molar-refractivity contribution < 1.29 is 35.1 Å². The van der Waals surface area contributed by atoms with Gasteiger partial charge < -0.3 is 35.3 Å². The van der Waals surface area contributed by atoms with E-state index in [-0.39, 0.29) is 0 Å². The monoisotopic (exact) mass is 346 g/mol. The van der Waals surface area contributed by atoms with E-state index in [2.05, 4.69) is 37.3 Å². The number of hydrogen-bond acceptors (Lipinski definition) is 10. The number of nitrogens with one attached hydrogen (secondary N) is 1. The Morgan fingerprint density at radius 3 is 2.43 bits per heavy atom. The number of carbonyl (C=O) groups is 1. The normalized spacial score (nSPS) is 30.6. The number of hydrogen-bond donors (Lipinski definition) is 7. The van der Waals surface area contributed by atoms with Crippen LogP contribution in [0.5, 0.6) is 0 Å². The van der Waals surface area contributed by atoms with Crippen molar-refractivity contribution in [2.45, 2.75) is 35.7 Å². The van der Waals surface area contributed by atoms with Gasteiger partial charge in [-0.15, -0.1) is 12.6 Å². The molecule has 0 bridgehead atoms. The van der Waals surface area contributed by atoms with E-state index >= 15 is 0 Å². The zero-order valence-electron chi connectivity index (χ0n) is 11.4.